The molecule has 0 radical (unpaired) electrons. The molecular weight excluding hydrogens is 240 g/mol. The molecule has 0 fully saturated rings. The third-order valence-electron chi connectivity index (χ3n) is 4.50. The molecule has 0 saturated heterocycles. The molecule has 0 heteroatoms. The molecule has 0 saturated carbocycles. The number of allylic oxidation sites excluding steroid dienone is 10. The lowest BCUT2D eigenvalue weighted by atomic mass is 9.84. The Morgan fingerprint density at radius 3 is 2.90 bits per heavy atom. The van der Waals surface area contributed by atoms with Gasteiger partial charge in [0.05, 0.1) is 0 Å². The van der Waals surface area contributed by atoms with Crippen molar-refractivity contribution in [3.63, 3.8) is 0 Å². The van der Waals surface area contributed by atoms with Crippen LogP contribution in [0, 0.1) is 0 Å². The van der Waals surface area contributed by atoms with Gasteiger partial charge in [0.15, 0.2) is 0 Å². The Hall–Kier alpha value is -2.08. The van der Waals surface area contributed by atoms with Crippen molar-refractivity contribution >= 4 is 5.57 Å². The normalized spacial score (nSPS) is 23.4. The first-order valence-corrected chi connectivity index (χ1v) is 7.50. The van der Waals surface area contributed by atoms with E-state index in [0.717, 1.165) is 0 Å². The minimum atomic E-state index is 0.577. The summed E-state index contributed by atoms with van der Waals surface area (Å²) in [5.41, 5.74) is 7.29. The average Bonchev–Trinajstić information content (AvgIpc) is 2.72. The van der Waals surface area contributed by atoms with Crippen LogP contribution in [0.15, 0.2) is 77.9 Å². The van der Waals surface area contributed by atoms with Gasteiger partial charge >= 0.3 is 0 Å². The Morgan fingerprint density at radius 1 is 0.950 bits per heavy atom. The largest absolute Gasteiger partial charge is 0.0839 e. The fourth-order valence-electron chi connectivity index (χ4n) is 3.63. The highest BCUT2D eigenvalue weighted by atomic mass is 14.3. The summed E-state index contributed by atoms with van der Waals surface area (Å²) in [7, 11) is 0. The van der Waals surface area contributed by atoms with Gasteiger partial charge in [-0.15, -0.1) is 0 Å². The van der Waals surface area contributed by atoms with Crippen LogP contribution in [-0.4, -0.2) is 0 Å². The summed E-state index contributed by atoms with van der Waals surface area (Å²) in [5, 5.41) is 0. The molecule has 0 aromatic heterocycles. The van der Waals surface area contributed by atoms with Gasteiger partial charge in [-0.25, -0.2) is 0 Å². The molecule has 1 atom stereocenters. The summed E-state index contributed by atoms with van der Waals surface area (Å²) < 4.78 is 0. The van der Waals surface area contributed by atoms with Crippen molar-refractivity contribution in [3.05, 3.63) is 89.1 Å². The highest BCUT2D eigenvalue weighted by molar-refractivity contribution is 5.88. The topological polar surface area (TPSA) is 0 Å². The summed E-state index contributed by atoms with van der Waals surface area (Å²) in [4.78, 5) is 0. The van der Waals surface area contributed by atoms with Gasteiger partial charge in [0.1, 0.15) is 0 Å². The Morgan fingerprint density at radius 2 is 1.90 bits per heavy atom. The number of hydrogen-bond donors (Lipinski definition) is 0. The van der Waals surface area contributed by atoms with Gasteiger partial charge in [0, 0.05) is 5.92 Å². The van der Waals surface area contributed by atoms with E-state index in [1.54, 1.807) is 0 Å². The first-order valence-electron chi connectivity index (χ1n) is 7.50. The predicted octanol–water partition coefficient (Wildman–Crippen LogP) is 5.33. The van der Waals surface area contributed by atoms with Crippen LogP contribution in [-0.2, 0) is 0 Å². The molecular formula is C20H18. The predicted molar refractivity (Wildman–Crippen MR) is 85.5 cm³/mol. The van der Waals surface area contributed by atoms with E-state index in [0.29, 0.717) is 5.92 Å². The van der Waals surface area contributed by atoms with Crippen molar-refractivity contribution < 1.29 is 0 Å². The van der Waals surface area contributed by atoms with Crippen LogP contribution in [0.2, 0.25) is 0 Å². The summed E-state index contributed by atoms with van der Waals surface area (Å²) >= 11 is 0. The monoisotopic (exact) mass is 258 g/mol. The van der Waals surface area contributed by atoms with Crippen LogP contribution in [0.25, 0.3) is 5.57 Å². The number of rotatable bonds is 0. The molecule has 0 amide bonds. The van der Waals surface area contributed by atoms with E-state index in [1.807, 2.05) is 0 Å². The van der Waals surface area contributed by atoms with Crippen molar-refractivity contribution in [3.8, 4) is 0 Å². The van der Waals surface area contributed by atoms with E-state index in [9.17, 15) is 0 Å². The van der Waals surface area contributed by atoms with E-state index < -0.39 is 0 Å². The zero-order valence-corrected chi connectivity index (χ0v) is 11.5. The van der Waals surface area contributed by atoms with Gasteiger partial charge < -0.3 is 0 Å². The molecule has 1 aromatic rings. The average molecular weight is 258 g/mol. The van der Waals surface area contributed by atoms with Crippen molar-refractivity contribution in [2.75, 3.05) is 0 Å². The van der Waals surface area contributed by atoms with Gasteiger partial charge in [-0.2, -0.15) is 0 Å². The van der Waals surface area contributed by atoms with Gasteiger partial charge in [-0.1, -0.05) is 66.8 Å². The second-order valence-electron chi connectivity index (χ2n) is 5.67. The van der Waals surface area contributed by atoms with E-state index in [4.69, 9.17) is 0 Å². The van der Waals surface area contributed by atoms with Crippen LogP contribution in [0.3, 0.4) is 0 Å². The first kappa shape index (κ1) is 11.7. The fraction of sp³-hybridized carbons (Fsp3) is 0.200. The summed E-state index contributed by atoms with van der Waals surface area (Å²) in [5.74, 6) is 0.577. The number of fused-ring (bicyclic) bond motifs is 3. The smallest absolute Gasteiger partial charge is 0.0108 e. The summed E-state index contributed by atoms with van der Waals surface area (Å²) in [6.45, 7) is 0. The first-order chi connectivity index (χ1) is 9.95. The zero-order chi connectivity index (χ0) is 13.4. The lowest BCUT2D eigenvalue weighted by molar-refractivity contribution is 0.667. The molecule has 1 unspecified atom stereocenters. The van der Waals surface area contributed by atoms with E-state index >= 15 is 0 Å². The lowest BCUT2D eigenvalue weighted by Crippen LogP contribution is -2.03. The SMILES string of the molecule is C1=CC=C2C=CCCCC3C2=C(C=C1)c1ccccc13. The van der Waals surface area contributed by atoms with Crippen LogP contribution in [0.5, 0.6) is 0 Å². The van der Waals surface area contributed by atoms with E-state index in [-0.39, 0.29) is 0 Å². The highest BCUT2D eigenvalue weighted by Gasteiger charge is 2.31. The molecule has 0 aliphatic heterocycles. The molecule has 0 heterocycles. The minimum Gasteiger partial charge on any atom is -0.0839 e. The highest BCUT2D eigenvalue weighted by Crippen LogP contribution is 2.49. The van der Waals surface area contributed by atoms with Crippen LogP contribution < -0.4 is 0 Å². The van der Waals surface area contributed by atoms with Crippen molar-refractivity contribution in [1.29, 1.82) is 0 Å². The third kappa shape index (κ3) is 1.76. The maximum absolute atomic E-state index is 2.33. The number of hydrogen-bond acceptors (Lipinski definition) is 0. The molecule has 0 spiro atoms. The molecule has 20 heavy (non-hydrogen) atoms. The Labute approximate surface area is 120 Å². The van der Waals surface area contributed by atoms with Crippen molar-refractivity contribution in [2.45, 2.75) is 25.2 Å². The molecule has 0 bridgehead atoms. The maximum atomic E-state index is 2.33. The second kappa shape index (κ2) is 4.79. The molecule has 3 aliphatic rings. The molecule has 0 nitrogen and oxygen atoms in total. The third-order valence-corrected chi connectivity index (χ3v) is 4.50. The molecule has 3 aliphatic carbocycles. The van der Waals surface area contributed by atoms with Crippen molar-refractivity contribution in [1.82, 2.24) is 0 Å². The van der Waals surface area contributed by atoms with Crippen LogP contribution in [0.1, 0.15) is 36.3 Å². The van der Waals surface area contributed by atoms with E-state index in [2.05, 4.69) is 66.8 Å². The minimum absolute atomic E-state index is 0.577. The van der Waals surface area contributed by atoms with E-state index in [1.165, 1.54) is 47.1 Å². The molecule has 98 valence electrons. The summed E-state index contributed by atoms with van der Waals surface area (Å²) in [6.07, 6.45) is 19.4. The molecule has 1 aromatic carbocycles. The standard InChI is InChI=1S/C20H18/c1-3-9-15-10-4-2-6-14-19-17-12-8-7-11-16(17)18(13-5-1)20(15)19/h1,3-5,7-13,19H,2,6,14H2. The number of benzene rings is 1. The molecule has 4 rings (SSSR count). The summed E-state index contributed by atoms with van der Waals surface area (Å²) in [6, 6.07) is 8.93. The quantitative estimate of drug-likeness (QED) is 0.590. The van der Waals surface area contributed by atoms with Gasteiger partial charge in [-0.3, -0.25) is 0 Å². The fourth-order valence-corrected chi connectivity index (χ4v) is 3.63. The lowest BCUT2D eigenvalue weighted by Gasteiger charge is -2.20. The zero-order valence-electron chi connectivity index (χ0n) is 11.5. The molecule has 0 N–H and O–H groups in total. The van der Waals surface area contributed by atoms with Crippen LogP contribution in [0.4, 0.5) is 0 Å². The second-order valence-corrected chi connectivity index (χ2v) is 5.67. The van der Waals surface area contributed by atoms with Gasteiger partial charge in [0.25, 0.3) is 0 Å². The Balaban J connectivity index is 1.99. The maximum Gasteiger partial charge on any atom is 0.0108 e. The van der Waals surface area contributed by atoms with Crippen LogP contribution >= 0.6 is 0 Å². The Kier molecular flexibility index (Phi) is 2.81. The van der Waals surface area contributed by atoms with Gasteiger partial charge in [0.2, 0.25) is 0 Å². The Bertz CT molecular complexity index is 693. The van der Waals surface area contributed by atoms with Gasteiger partial charge in [-0.05, 0) is 47.1 Å². The van der Waals surface area contributed by atoms with Crippen molar-refractivity contribution in [2.24, 2.45) is 0 Å².